The van der Waals surface area contributed by atoms with E-state index in [9.17, 15) is 0 Å². The van der Waals surface area contributed by atoms with E-state index in [0.717, 1.165) is 30.3 Å². The summed E-state index contributed by atoms with van der Waals surface area (Å²) in [5, 5.41) is 0. The van der Waals surface area contributed by atoms with E-state index in [0.29, 0.717) is 0 Å². The number of hydrogen-bond acceptors (Lipinski definition) is 2. The summed E-state index contributed by atoms with van der Waals surface area (Å²) < 4.78 is 7.60. The van der Waals surface area contributed by atoms with Gasteiger partial charge in [-0.2, -0.15) is 0 Å². The van der Waals surface area contributed by atoms with Gasteiger partial charge in [-0.05, 0) is 24.5 Å². The molecule has 0 aromatic carbocycles. The van der Waals surface area contributed by atoms with Crippen LogP contribution in [0.4, 0.5) is 0 Å². The number of aryl methyl sites for hydroxylation is 1. The summed E-state index contributed by atoms with van der Waals surface area (Å²) in [4.78, 5) is 4.60. The molecule has 0 bridgehead atoms. The normalized spacial score (nSPS) is 20.2. The van der Waals surface area contributed by atoms with E-state index in [-0.39, 0.29) is 0 Å². The molecule has 0 radical (unpaired) electrons. The van der Waals surface area contributed by atoms with E-state index in [1.807, 2.05) is 12.1 Å². The highest BCUT2D eigenvalue weighted by Crippen LogP contribution is 2.24. The van der Waals surface area contributed by atoms with Gasteiger partial charge in [-0.15, -0.1) is 0 Å². The fraction of sp³-hybridized carbons (Fsp3) is 0.417. The number of furan rings is 1. The average Bonchev–Trinajstić information content (AvgIpc) is 2.84. The molecule has 0 N–H and O–H groups in total. The number of aromatic nitrogens is 2. The topological polar surface area (TPSA) is 31.0 Å². The van der Waals surface area contributed by atoms with Crippen molar-refractivity contribution < 1.29 is 4.42 Å². The predicted molar refractivity (Wildman–Crippen MR) is 57.4 cm³/mol. The van der Waals surface area contributed by atoms with Gasteiger partial charge < -0.3 is 8.98 Å². The van der Waals surface area contributed by atoms with Gasteiger partial charge in [-0.1, -0.05) is 6.92 Å². The van der Waals surface area contributed by atoms with Gasteiger partial charge in [0.05, 0.1) is 6.26 Å². The molecular weight excluding hydrogens is 188 g/mol. The molecule has 1 aliphatic rings. The Bertz CT molecular complexity index is 456. The molecule has 1 atom stereocenters. The second-order valence-electron chi connectivity index (χ2n) is 4.32. The van der Waals surface area contributed by atoms with Crippen molar-refractivity contribution in [1.82, 2.24) is 9.55 Å². The maximum Gasteiger partial charge on any atom is 0.153 e. The number of imidazole rings is 1. The summed E-state index contributed by atoms with van der Waals surface area (Å²) in [6, 6.07) is 3.86. The molecule has 0 spiro atoms. The summed E-state index contributed by atoms with van der Waals surface area (Å²) in [6.45, 7) is 3.37. The number of fused-ring (bicyclic) bond motifs is 1. The van der Waals surface area contributed by atoms with E-state index < -0.39 is 0 Å². The molecule has 78 valence electrons. The van der Waals surface area contributed by atoms with E-state index in [1.165, 1.54) is 12.2 Å². The lowest BCUT2D eigenvalue weighted by Crippen LogP contribution is -2.17. The van der Waals surface area contributed by atoms with Crippen molar-refractivity contribution >= 4 is 0 Å². The van der Waals surface area contributed by atoms with E-state index in [1.54, 1.807) is 6.26 Å². The molecule has 3 rings (SSSR count). The van der Waals surface area contributed by atoms with Gasteiger partial charge >= 0.3 is 0 Å². The van der Waals surface area contributed by atoms with Crippen molar-refractivity contribution in [2.75, 3.05) is 0 Å². The Morgan fingerprint density at radius 1 is 1.53 bits per heavy atom. The second-order valence-corrected chi connectivity index (χ2v) is 4.32. The maximum absolute atomic E-state index is 5.35. The van der Waals surface area contributed by atoms with Crippen molar-refractivity contribution in [3.8, 4) is 11.5 Å². The Hall–Kier alpha value is -1.51. The van der Waals surface area contributed by atoms with Gasteiger partial charge in [0.1, 0.15) is 11.5 Å². The zero-order valence-electron chi connectivity index (χ0n) is 8.81. The molecule has 0 aliphatic carbocycles. The molecule has 0 fully saturated rings. The van der Waals surface area contributed by atoms with E-state index in [2.05, 4.69) is 22.7 Å². The molecule has 3 nitrogen and oxygen atoms in total. The molecule has 0 saturated heterocycles. The average molecular weight is 202 g/mol. The first-order chi connectivity index (χ1) is 7.33. The molecule has 3 heterocycles. The summed E-state index contributed by atoms with van der Waals surface area (Å²) in [6.07, 6.45) is 6.12. The number of hydrogen-bond donors (Lipinski definition) is 0. The lowest BCUT2D eigenvalue weighted by molar-refractivity contribution is 0.394. The van der Waals surface area contributed by atoms with Crippen LogP contribution in [0.25, 0.3) is 11.5 Å². The van der Waals surface area contributed by atoms with Crippen LogP contribution in [-0.2, 0) is 13.0 Å². The first kappa shape index (κ1) is 8.77. The Morgan fingerprint density at radius 3 is 3.27 bits per heavy atom. The molecule has 1 aliphatic heterocycles. The van der Waals surface area contributed by atoms with Gasteiger partial charge in [0.2, 0.25) is 0 Å². The fourth-order valence-electron chi connectivity index (χ4n) is 2.16. The predicted octanol–water partition coefficient (Wildman–Crippen LogP) is 2.73. The smallest absolute Gasteiger partial charge is 0.153 e. The Kier molecular flexibility index (Phi) is 1.91. The van der Waals surface area contributed by atoms with Gasteiger partial charge in [0.15, 0.2) is 5.76 Å². The van der Waals surface area contributed by atoms with Crippen LogP contribution >= 0.6 is 0 Å². The van der Waals surface area contributed by atoms with Gasteiger partial charge in [0.25, 0.3) is 0 Å². The molecule has 15 heavy (non-hydrogen) atoms. The van der Waals surface area contributed by atoms with E-state index in [4.69, 9.17) is 4.42 Å². The van der Waals surface area contributed by atoms with Gasteiger partial charge in [0, 0.05) is 19.2 Å². The monoisotopic (exact) mass is 202 g/mol. The Labute approximate surface area is 88.7 Å². The minimum atomic E-state index is 0.760. The van der Waals surface area contributed by atoms with Crippen molar-refractivity contribution in [3.63, 3.8) is 0 Å². The largest absolute Gasteiger partial charge is 0.463 e. The molecule has 2 aromatic rings. The summed E-state index contributed by atoms with van der Waals surface area (Å²) in [5.41, 5.74) is 0.962. The number of nitrogens with zero attached hydrogens (tertiary/aromatic N) is 2. The van der Waals surface area contributed by atoms with Crippen LogP contribution in [0.1, 0.15) is 19.2 Å². The summed E-state index contributed by atoms with van der Waals surface area (Å²) in [5.74, 6) is 2.82. The molecular formula is C12H14N2O. The van der Waals surface area contributed by atoms with Crippen LogP contribution in [0.3, 0.4) is 0 Å². The van der Waals surface area contributed by atoms with Crippen LogP contribution < -0.4 is 0 Å². The Morgan fingerprint density at radius 2 is 2.47 bits per heavy atom. The lowest BCUT2D eigenvalue weighted by Gasteiger charge is -2.19. The highest BCUT2D eigenvalue weighted by Gasteiger charge is 2.18. The highest BCUT2D eigenvalue weighted by molar-refractivity contribution is 5.51. The van der Waals surface area contributed by atoms with Gasteiger partial charge in [-0.3, -0.25) is 0 Å². The quantitative estimate of drug-likeness (QED) is 0.712. The lowest BCUT2D eigenvalue weighted by atomic mass is 10.0. The molecule has 3 heteroatoms. The van der Waals surface area contributed by atoms with Crippen LogP contribution in [0, 0.1) is 5.92 Å². The van der Waals surface area contributed by atoms with Crippen LogP contribution in [0.5, 0.6) is 0 Å². The molecule has 0 amide bonds. The SMILES string of the molecule is C[C@@H]1CCc2nc(-c3ccco3)cn2C1. The van der Waals surface area contributed by atoms with Gasteiger partial charge in [-0.25, -0.2) is 4.98 Å². The van der Waals surface area contributed by atoms with Crippen molar-refractivity contribution in [3.05, 3.63) is 30.4 Å². The van der Waals surface area contributed by atoms with Crippen molar-refractivity contribution in [2.24, 2.45) is 5.92 Å². The van der Waals surface area contributed by atoms with Crippen LogP contribution in [-0.4, -0.2) is 9.55 Å². The van der Waals surface area contributed by atoms with Crippen LogP contribution in [0.2, 0.25) is 0 Å². The molecule has 2 aromatic heterocycles. The third kappa shape index (κ3) is 1.48. The molecule has 0 saturated carbocycles. The number of rotatable bonds is 1. The van der Waals surface area contributed by atoms with Crippen LogP contribution in [0.15, 0.2) is 29.0 Å². The minimum absolute atomic E-state index is 0.760. The third-order valence-electron chi connectivity index (χ3n) is 3.00. The summed E-state index contributed by atoms with van der Waals surface area (Å²) in [7, 11) is 0. The van der Waals surface area contributed by atoms with Crippen molar-refractivity contribution in [1.29, 1.82) is 0 Å². The first-order valence-corrected chi connectivity index (χ1v) is 5.43. The molecule has 0 unspecified atom stereocenters. The zero-order chi connectivity index (χ0) is 10.3. The fourth-order valence-corrected chi connectivity index (χ4v) is 2.16. The minimum Gasteiger partial charge on any atom is -0.463 e. The third-order valence-corrected chi connectivity index (χ3v) is 3.00. The standard InChI is InChI=1S/C12H14N2O/c1-9-4-5-12-13-10(8-14(12)7-9)11-3-2-6-15-11/h2-3,6,8-9H,4-5,7H2,1H3/t9-/m1/s1. The van der Waals surface area contributed by atoms with Crippen molar-refractivity contribution in [2.45, 2.75) is 26.3 Å². The highest BCUT2D eigenvalue weighted by atomic mass is 16.3. The second kappa shape index (κ2) is 3.26. The Balaban J connectivity index is 2.00. The zero-order valence-corrected chi connectivity index (χ0v) is 8.81. The van der Waals surface area contributed by atoms with E-state index >= 15 is 0 Å². The maximum atomic E-state index is 5.35. The summed E-state index contributed by atoms with van der Waals surface area (Å²) >= 11 is 0. The first-order valence-electron chi connectivity index (χ1n) is 5.43.